The number of amidine groups is 1. The van der Waals surface area contributed by atoms with E-state index in [1.807, 2.05) is 19.5 Å². The first-order valence-electron chi connectivity index (χ1n) is 5.73. The van der Waals surface area contributed by atoms with Crippen LogP contribution >= 0.6 is 0 Å². The second kappa shape index (κ2) is 5.32. The zero-order chi connectivity index (χ0) is 11.4. The minimum Gasteiger partial charge on any atom is -0.395 e. The molecule has 5 heteroatoms. The van der Waals surface area contributed by atoms with Crippen molar-refractivity contribution in [1.29, 1.82) is 0 Å². The van der Waals surface area contributed by atoms with Gasteiger partial charge in [0.05, 0.1) is 13.2 Å². The van der Waals surface area contributed by atoms with Crippen molar-refractivity contribution in [2.45, 2.75) is 6.92 Å². The Labute approximate surface area is 96.4 Å². The van der Waals surface area contributed by atoms with E-state index < -0.39 is 0 Å². The van der Waals surface area contributed by atoms with Crippen molar-refractivity contribution in [3.63, 3.8) is 0 Å². The fourth-order valence-corrected chi connectivity index (χ4v) is 2.00. The van der Waals surface area contributed by atoms with Crippen LogP contribution in [0.15, 0.2) is 16.9 Å². The lowest BCUT2D eigenvalue weighted by Gasteiger charge is -2.36. The summed E-state index contributed by atoms with van der Waals surface area (Å²) in [6, 6.07) is 0. The molecule has 16 heavy (non-hydrogen) atoms. The van der Waals surface area contributed by atoms with E-state index in [1.165, 1.54) is 0 Å². The smallest absolute Gasteiger partial charge is 0.128 e. The Morgan fingerprint density at radius 1 is 1.38 bits per heavy atom. The number of hydrogen-bond acceptors (Lipinski definition) is 5. The number of β-amino-alcohol motifs (C(OH)–C–C–N with tert-alkyl or cyclic N) is 1. The van der Waals surface area contributed by atoms with Crippen LogP contribution in [0.5, 0.6) is 0 Å². The topological polar surface area (TPSA) is 51.1 Å². The standard InChI is InChI=1S/C11H19N4O/c1-10-12-3-2-11(13-10)15-6-4-14(5-7-15)8-9-16/h2-3,16H,4-9H2,1H3,(H,12,13). The number of nitrogens with zero attached hydrogens (tertiary/aromatic N) is 3. The molecule has 0 aromatic rings. The predicted molar refractivity (Wildman–Crippen MR) is 63.7 cm³/mol. The second-order valence-corrected chi connectivity index (χ2v) is 4.09. The van der Waals surface area contributed by atoms with Gasteiger partial charge in [-0.1, -0.05) is 0 Å². The molecule has 2 heterocycles. The van der Waals surface area contributed by atoms with Gasteiger partial charge in [-0.05, 0) is 13.0 Å². The Kier molecular flexibility index (Phi) is 3.79. The van der Waals surface area contributed by atoms with Gasteiger partial charge in [-0.15, -0.1) is 0 Å². The van der Waals surface area contributed by atoms with Crippen molar-refractivity contribution < 1.29 is 5.11 Å². The minimum atomic E-state index is 0.248. The van der Waals surface area contributed by atoms with Gasteiger partial charge in [0.15, 0.2) is 0 Å². The Balaban J connectivity index is 1.87. The van der Waals surface area contributed by atoms with E-state index in [0.717, 1.165) is 44.4 Å². The van der Waals surface area contributed by atoms with Crippen molar-refractivity contribution in [2.75, 3.05) is 39.3 Å². The summed E-state index contributed by atoms with van der Waals surface area (Å²) >= 11 is 0. The monoisotopic (exact) mass is 223 g/mol. The Bertz CT molecular complexity index is 292. The molecule has 0 aromatic carbocycles. The predicted octanol–water partition coefficient (Wildman–Crippen LogP) is -0.379. The van der Waals surface area contributed by atoms with Crippen LogP contribution in [0.1, 0.15) is 6.92 Å². The summed E-state index contributed by atoms with van der Waals surface area (Å²) < 4.78 is 0. The first-order chi connectivity index (χ1) is 7.79. The normalized spacial score (nSPS) is 22.5. The summed E-state index contributed by atoms with van der Waals surface area (Å²) in [5, 5.41) is 11.9. The van der Waals surface area contributed by atoms with Gasteiger partial charge >= 0.3 is 0 Å². The van der Waals surface area contributed by atoms with Gasteiger partial charge in [-0.25, -0.2) is 4.99 Å². The molecule has 0 spiro atoms. The van der Waals surface area contributed by atoms with Crippen LogP contribution in [-0.4, -0.2) is 60.1 Å². The van der Waals surface area contributed by atoms with Crippen LogP contribution in [0, 0.1) is 6.54 Å². The molecule has 1 fully saturated rings. The van der Waals surface area contributed by atoms with Crippen molar-refractivity contribution >= 4 is 5.84 Å². The first kappa shape index (κ1) is 11.4. The molecule has 0 saturated carbocycles. The molecule has 0 aromatic heterocycles. The molecule has 1 saturated heterocycles. The van der Waals surface area contributed by atoms with E-state index in [1.54, 1.807) is 0 Å². The number of aliphatic hydroxyl groups excluding tert-OH is 1. The summed E-state index contributed by atoms with van der Waals surface area (Å²) in [7, 11) is 0. The van der Waals surface area contributed by atoms with E-state index in [-0.39, 0.29) is 6.61 Å². The van der Waals surface area contributed by atoms with E-state index in [4.69, 9.17) is 5.11 Å². The highest BCUT2D eigenvalue weighted by molar-refractivity contribution is 5.82. The summed E-state index contributed by atoms with van der Waals surface area (Å²) in [6.07, 6.45) is 2.01. The maximum Gasteiger partial charge on any atom is 0.128 e. The number of aliphatic hydroxyl groups is 1. The maximum atomic E-state index is 8.87. The van der Waals surface area contributed by atoms with Crippen LogP contribution in [0.3, 0.4) is 0 Å². The Hall–Kier alpha value is -1.07. The highest BCUT2D eigenvalue weighted by Crippen LogP contribution is 2.13. The summed E-state index contributed by atoms with van der Waals surface area (Å²) in [5.74, 6) is 1.98. The molecule has 89 valence electrons. The van der Waals surface area contributed by atoms with Crippen LogP contribution in [0.25, 0.3) is 0 Å². The van der Waals surface area contributed by atoms with Gasteiger partial charge in [0.1, 0.15) is 11.7 Å². The van der Waals surface area contributed by atoms with E-state index >= 15 is 0 Å². The zero-order valence-corrected chi connectivity index (χ0v) is 9.69. The first-order valence-corrected chi connectivity index (χ1v) is 5.73. The lowest BCUT2D eigenvalue weighted by atomic mass is 10.3. The SMILES string of the molecule is CC1=NC(N2CCN(CCO)CC2)=C[CH]N1. The molecular formula is C11H19N4O. The molecule has 0 atom stereocenters. The maximum absolute atomic E-state index is 8.87. The van der Waals surface area contributed by atoms with Gasteiger partial charge in [-0.3, -0.25) is 4.90 Å². The quantitative estimate of drug-likeness (QED) is 0.685. The van der Waals surface area contributed by atoms with Gasteiger partial charge in [-0.2, -0.15) is 0 Å². The fourth-order valence-electron chi connectivity index (χ4n) is 2.00. The highest BCUT2D eigenvalue weighted by atomic mass is 16.3. The summed E-state index contributed by atoms with van der Waals surface area (Å²) in [4.78, 5) is 9.03. The Morgan fingerprint density at radius 3 is 2.75 bits per heavy atom. The second-order valence-electron chi connectivity index (χ2n) is 4.09. The van der Waals surface area contributed by atoms with E-state index in [2.05, 4.69) is 20.1 Å². The van der Waals surface area contributed by atoms with Crippen LogP contribution < -0.4 is 5.32 Å². The average Bonchev–Trinajstić information content (AvgIpc) is 2.30. The van der Waals surface area contributed by atoms with Gasteiger partial charge in [0, 0.05) is 32.7 Å². The molecule has 2 rings (SSSR count). The molecule has 0 unspecified atom stereocenters. The number of hydrogen-bond donors (Lipinski definition) is 2. The number of nitrogens with one attached hydrogen (secondary N) is 1. The molecule has 0 amide bonds. The third-order valence-corrected chi connectivity index (χ3v) is 2.92. The number of piperazine rings is 1. The fraction of sp³-hybridized carbons (Fsp3) is 0.636. The lowest BCUT2D eigenvalue weighted by molar-refractivity contribution is 0.131. The highest BCUT2D eigenvalue weighted by Gasteiger charge is 2.19. The van der Waals surface area contributed by atoms with Gasteiger partial charge in [0.2, 0.25) is 0 Å². The zero-order valence-electron chi connectivity index (χ0n) is 9.69. The third kappa shape index (κ3) is 2.74. The largest absolute Gasteiger partial charge is 0.395 e. The molecule has 0 aliphatic carbocycles. The molecule has 0 bridgehead atoms. The lowest BCUT2D eigenvalue weighted by Crippen LogP contribution is -2.46. The molecule has 5 nitrogen and oxygen atoms in total. The van der Waals surface area contributed by atoms with Crippen LogP contribution in [-0.2, 0) is 0 Å². The molecule has 1 radical (unpaired) electrons. The van der Waals surface area contributed by atoms with Crippen molar-refractivity contribution in [3.05, 3.63) is 18.4 Å². The Morgan fingerprint density at radius 2 is 2.12 bits per heavy atom. The van der Waals surface area contributed by atoms with Gasteiger partial charge < -0.3 is 15.3 Å². The third-order valence-electron chi connectivity index (χ3n) is 2.92. The van der Waals surface area contributed by atoms with E-state index in [9.17, 15) is 0 Å². The van der Waals surface area contributed by atoms with Crippen LogP contribution in [0.2, 0.25) is 0 Å². The summed E-state index contributed by atoms with van der Waals surface area (Å²) in [6.45, 7) is 8.89. The van der Waals surface area contributed by atoms with Gasteiger partial charge in [0.25, 0.3) is 0 Å². The molecule has 2 N–H and O–H groups in total. The number of aliphatic imine (C=N–C) groups is 1. The molecule has 2 aliphatic rings. The van der Waals surface area contributed by atoms with E-state index in [0.29, 0.717) is 0 Å². The summed E-state index contributed by atoms with van der Waals surface area (Å²) in [5.41, 5.74) is 0. The van der Waals surface area contributed by atoms with Crippen molar-refractivity contribution in [2.24, 2.45) is 4.99 Å². The van der Waals surface area contributed by atoms with Crippen molar-refractivity contribution in [3.8, 4) is 0 Å². The van der Waals surface area contributed by atoms with Crippen LogP contribution in [0.4, 0.5) is 0 Å². The molecular weight excluding hydrogens is 204 g/mol. The average molecular weight is 223 g/mol. The minimum absolute atomic E-state index is 0.248. The number of rotatable bonds is 3. The van der Waals surface area contributed by atoms with Crippen molar-refractivity contribution in [1.82, 2.24) is 15.1 Å². The molecule has 2 aliphatic heterocycles.